The third-order valence-electron chi connectivity index (χ3n) is 4.81. The lowest BCUT2D eigenvalue weighted by atomic mass is 9.85. The van der Waals surface area contributed by atoms with Crippen molar-refractivity contribution in [1.29, 1.82) is 0 Å². The molecule has 0 aliphatic rings. The largest absolute Gasteiger partial charge is 0.487 e. The molecule has 0 aromatic heterocycles. The smallest absolute Gasteiger partial charge is 0.309 e. The van der Waals surface area contributed by atoms with Crippen LogP contribution in [0.3, 0.4) is 0 Å². The van der Waals surface area contributed by atoms with Gasteiger partial charge in [-0.05, 0) is 32.0 Å². The molecule has 0 spiro atoms. The Labute approximate surface area is 177 Å². The Balaban J connectivity index is 2.06. The SMILES string of the molecule is CC(C)(CC(=O)c1cc(F)c2ccccc2c1OCc1ccc(Cl)cc1F)C(=O)O. The summed E-state index contributed by atoms with van der Waals surface area (Å²) in [5.41, 5.74) is -1.23. The Morgan fingerprint density at radius 2 is 1.70 bits per heavy atom. The van der Waals surface area contributed by atoms with Crippen LogP contribution >= 0.6 is 11.6 Å². The Kier molecular flexibility index (Phi) is 6.08. The van der Waals surface area contributed by atoms with Gasteiger partial charge < -0.3 is 9.84 Å². The number of benzene rings is 3. The van der Waals surface area contributed by atoms with E-state index in [1.807, 2.05) is 0 Å². The molecule has 3 rings (SSSR count). The number of carbonyl (C=O) groups is 2. The number of fused-ring (bicyclic) bond motifs is 1. The molecular weight excluding hydrogens is 414 g/mol. The molecule has 0 unspecified atom stereocenters. The first-order chi connectivity index (χ1) is 14.1. The van der Waals surface area contributed by atoms with E-state index < -0.39 is 28.8 Å². The van der Waals surface area contributed by atoms with Crippen LogP contribution in [0.4, 0.5) is 8.78 Å². The van der Waals surface area contributed by atoms with Crippen molar-refractivity contribution in [2.45, 2.75) is 26.9 Å². The van der Waals surface area contributed by atoms with E-state index in [2.05, 4.69) is 0 Å². The summed E-state index contributed by atoms with van der Waals surface area (Å²) in [7, 11) is 0. The van der Waals surface area contributed by atoms with Crippen molar-refractivity contribution in [2.75, 3.05) is 0 Å². The van der Waals surface area contributed by atoms with E-state index in [-0.39, 0.29) is 40.3 Å². The first kappa shape index (κ1) is 21.7. The van der Waals surface area contributed by atoms with Gasteiger partial charge in [0.15, 0.2) is 5.78 Å². The van der Waals surface area contributed by atoms with Gasteiger partial charge in [0.1, 0.15) is 24.0 Å². The number of hydrogen-bond acceptors (Lipinski definition) is 3. The number of rotatable bonds is 7. The van der Waals surface area contributed by atoms with E-state index in [4.69, 9.17) is 16.3 Å². The fourth-order valence-corrected chi connectivity index (χ4v) is 3.19. The third-order valence-corrected chi connectivity index (χ3v) is 5.05. The summed E-state index contributed by atoms with van der Waals surface area (Å²) in [4.78, 5) is 24.3. The Morgan fingerprint density at radius 1 is 1.03 bits per heavy atom. The predicted molar refractivity (Wildman–Crippen MR) is 110 cm³/mol. The lowest BCUT2D eigenvalue weighted by molar-refractivity contribution is -0.146. The highest BCUT2D eigenvalue weighted by atomic mass is 35.5. The number of carboxylic acids is 1. The quantitative estimate of drug-likeness (QED) is 0.463. The number of ether oxygens (including phenoxy) is 1. The summed E-state index contributed by atoms with van der Waals surface area (Å²) in [5, 5.41) is 10.1. The van der Waals surface area contributed by atoms with Crippen LogP contribution in [0.1, 0.15) is 36.2 Å². The maximum atomic E-state index is 14.7. The number of carbonyl (C=O) groups excluding carboxylic acids is 1. The Bertz CT molecular complexity index is 1140. The minimum absolute atomic E-state index is 0.0764. The zero-order valence-corrected chi connectivity index (χ0v) is 17.1. The summed E-state index contributed by atoms with van der Waals surface area (Å²) in [6.07, 6.45) is -0.355. The van der Waals surface area contributed by atoms with Gasteiger partial charge in [0.2, 0.25) is 0 Å². The van der Waals surface area contributed by atoms with Crippen LogP contribution in [-0.4, -0.2) is 16.9 Å². The van der Waals surface area contributed by atoms with Gasteiger partial charge in [-0.25, -0.2) is 8.78 Å². The average molecular weight is 433 g/mol. The molecule has 156 valence electrons. The van der Waals surface area contributed by atoms with E-state index in [1.165, 1.54) is 32.0 Å². The summed E-state index contributed by atoms with van der Waals surface area (Å²) in [5.74, 6) is -2.87. The van der Waals surface area contributed by atoms with Gasteiger partial charge in [-0.2, -0.15) is 0 Å². The number of hydrogen-bond donors (Lipinski definition) is 1. The molecule has 3 aromatic carbocycles. The molecule has 0 atom stereocenters. The number of ketones is 1. The molecule has 4 nitrogen and oxygen atoms in total. The summed E-state index contributed by atoms with van der Waals surface area (Å²) in [6.45, 7) is 2.60. The van der Waals surface area contributed by atoms with E-state index in [1.54, 1.807) is 18.2 Å². The van der Waals surface area contributed by atoms with Crippen LogP contribution in [0.5, 0.6) is 5.75 Å². The van der Waals surface area contributed by atoms with Crippen LogP contribution < -0.4 is 4.74 Å². The van der Waals surface area contributed by atoms with Gasteiger partial charge in [0, 0.05) is 27.8 Å². The summed E-state index contributed by atoms with van der Waals surface area (Å²) < 4.78 is 34.6. The lowest BCUT2D eigenvalue weighted by Gasteiger charge is -2.20. The van der Waals surface area contributed by atoms with E-state index in [0.29, 0.717) is 5.39 Å². The van der Waals surface area contributed by atoms with Crippen molar-refractivity contribution < 1.29 is 28.2 Å². The van der Waals surface area contributed by atoms with Gasteiger partial charge in [-0.3, -0.25) is 9.59 Å². The highest BCUT2D eigenvalue weighted by molar-refractivity contribution is 6.30. The molecule has 0 aliphatic heterocycles. The van der Waals surface area contributed by atoms with Crippen molar-refractivity contribution >= 4 is 34.1 Å². The van der Waals surface area contributed by atoms with E-state index in [9.17, 15) is 23.5 Å². The second kappa shape index (κ2) is 8.40. The van der Waals surface area contributed by atoms with Crippen molar-refractivity contribution in [3.8, 4) is 5.75 Å². The Hall–Kier alpha value is -2.99. The minimum Gasteiger partial charge on any atom is -0.487 e. The molecular formula is C23H19ClF2O4. The lowest BCUT2D eigenvalue weighted by Crippen LogP contribution is -2.27. The van der Waals surface area contributed by atoms with Crippen LogP contribution in [-0.2, 0) is 11.4 Å². The normalized spacial score (nSPS) is 11.5. The molecule has 0 radical (unpaired) electrons. The average Bonchev–Trinajstić information content (AvgIpc) is 2.68. The molecule has 3 aromatic rings. The van der Waals surface area contributed by atoms with Gasteiger partial charge >= 0.3 is 5.97 Å². The monoisotopic (exact) mass is 432 g/mol. The minimum atomic E-state index is -1.35. The van der Waals surface area contributed by atoms with Crippen molar-refractivity contribution in [3.63, 3.8) is 0 Å². The van der Waals surface area contributed by atoms with E-state index in [0.717, 1.165) is 12.1 Å². The number of halogens is 3. The fraction of sp³-hybridized carbons (Fsp3) is 0.217. The maximum absolute atomic E-state index is 14.7. The standard InChI is InChI=1S/C23H19ClF2O4/c1-23(2,22(28)29)11-20(27)17-10-19(26)15-5-3-4-6-16(15)21(17)30-12-13-7-8-14(24)9-18(13)25/h3-10H,11-12H2,1-2H3,(H,28,29). The predicted octanol–water partition coefficient (Wildman–Crippen LogP) is 6.03. The van der Waals surface area contributed by atoms with Crippen LogP contribution in [0.25, 0.3) is 10.8 Å². The topological polar surface area (TPSA) is 63.6 Å². The molecule has 0 saturated heterocycles. The van der Waals surface area contributed by atoms with Gasteiger partial charge in [-0.15, -0.1) is 0 Å². The zero-order valence-electron chi connectivity index (χ0n) is 16.3. The first-order valence-electron chi connectivity index (χ1n) is 9.14. The zero-order chi connectivity index (χ0) is 22.1. The first-order valence-corrected chi connectivity index (χ1v) is 9.52. The van der Waals surface area contributed by atoms with Crippen LogP contribution in [0.2, 0.25) is 5.02 Å². The van der Waals surface area contributed by atoms with Gasteiger partial charge in [-0.1, -0.05) is 41.9 Å². The molecule has 0 saturated carbocycles. The second-order valence-electron chi connectivity index (χ2n) is 7.59. The maximum Gasteiger partial charge on any atom is 0.309 e. The van der Waals surface area contributed by atoms with Crippen molar-refractivity contribution in [2.24, 2.45) is 5.41 Å². The molecule has 1 N–H and O–H groups in total. The van der Waals surface area contributed by atoms with Gasteiger partial charge in [0.05, 0.1) is 11.0 Å². The molecule has 0 amide bonds. The third kappa shape index (κ3) is 4.44. The van der Waals surface area contributed by atoms with Crippen LogP contribution in [0, 0.1) is 17.0 Å². The molecule has 7 heteroatoms. The van der Waals surface area contributed by atoms with E-state index >= 15 is 0 Å². The number of aliphatic carboxylic acids is 1. The molecule has 0 bridgehead atoms. The van der Waals surface area contributed by atoms with Crippen LogP contribution in [0.15, 0.2) is 48.5 Å². The molecule has 0 heterocycles. The molecule has 0 fully saturated rings. The fourth-order valence-electron chi connectivity index (χ4n) is 3.03. The number of Topliss-reactive ketones (excluding diaryl/α,β-unsaturated/α-hetero) is 1. The van der Waals surface area contributed by atoms with Crippen molar-refractivity contribution in [3.05, 3.63) is 76.3 Å². The van der Waals surface area contributed by atoms with Crippen molar-refractivity contribution in [1.82, 2.24) is 0 Å². The highest BCUT2D eigenvalue weighted by Gasteiger charge is 2.32. The summed E-state index contributed by atoms with van der Waals surface area (Å²) >= 11 is 5.77. The molecule has 0 aliphatic carbocycles. The Morgan fingerprint density at radius 3 is 2.33 bits per heavy atom. The second-order valence-corrected chi connectivity index (χ2v) is 8.03. The number of carboxylic acid groups (broad SMARTS) is 1. The van der Waals surface area contributed by atoms with Gasteiger partial charge in [0.25, 0.3) is 0 Å². The molecule has 30 heavy (non-hydrogen) atoms. The highest BCUT2D eigenvalue weighted by Crippen LogP contribution is 2.35. The summed E-state index contributed by atoms with van der Waals surface area (Å²) in [6, 6.07) is 11.6.